The molecular formula is C68H61N5Se2. The van der Waals surface area contributed by atoms with Gasteiger partial charge in [0, 0.05) is 0 Å². The molecule has 75 heavy (non-hydrogen) atoms. The van der Waals surface area contributed by atoms with Gasteiger partial charge in [0.2, 0.25) is 0 Å². The van der Waals surface area contributed by atoms with Crippen LogP contribution in [0.3, 0.4) is 0 Å². The Morgan fingerprint density at radius 1 is 0.253 bits per heavy atom. The van der Waals surface area contributed by atoms with E-state index >= 15 is 0 Å². The third kappa shape index (κ3) is 8.66. The van der Waals surface area contributed by atoms with E-state index in [0.29, 0.717) is 0 Å². The summed E-state index contributed by atoms with van der Waals surface area (Å²) in [5, 5.41) is 0. The molecule has 0 saturated carbocycles. The normalized spacial score (nSPS) is 12.2. The van der Waals surface area contributed by atoms with E-state index in [4.69, 9.17) is 9.97 Å². The minimum absolute atomic E-state index is 0.0490. The minimum atomic E-state index is -0.0612. The maximum atomic E-state index is 5.60. The van der Waals surface area contributed by atoms with Crippen molar-refractivity contribution in [1.29, 1.82) is 0 Å². The topological polar surface area (TPSA) is 73.2 Å². The van der Waals surface area contributed by atoms with E-state index in [1.165, 1.54) is 128 Å². The van der Waals surface area contributed by atoms with Gasteiger partial charge in [-0.3, -0.25) is 0 Å². The first-order chi connectivity index (χ1) is 36.1. The summed E-state index contributed by atoms with van der Waals surface area (Å²) in [5.41, 5.74) is 35.4. The zero-order chi connectivity index (χ0) is 52.1. The van der Waals surface area contributed by atoms with Crippen LogP contribution in [0, 0.1) is 83.1 Å². The van der Waals surface area contributed by atoms with Crippen LogP contribution in [-0.2, 0) is 0 Å². The number of aromatic amines is 3. The number of hydrogen-bond donors (Lipinski definition) is 3. The van der Waals surface area contributed by atoms with Crippen molar-refractivity contribution >= 4 is 103 Å². The predicted octanol–water partition coefficient (Wildman–Crippen LogP) is 17.6. The van der Waals surface area contributed by atoms with Crippen molar-refractivity contribution in [2.75, 3.05) is 0 Å². The molecule has 2 aliphatic heterocycles. The zero-order valence-electron chi connectivity index (χ0n) is 44.9. The molecule has 0 unspecified atom stereocenters. The van der Waals surface area contributed by atoms with E-state index in [1.807, 2.05) is 0 Å². The average molecular weight is 1110 g/mol. The Bertz CT molecular complexity index is 4350. The molecule has 0 fully saturated rings. The van der Waals surface area contributed by atoms with E-state index < -0.39 is 0 Å². The zero-order valence-corrected chi connectivity index (χ0v) is 48.3. The third-order valence-corrected chi connectivity index (χ3v) is 19.8. The van der Waals surface area contributed by atoms with Crippen LogP contribution in [-0.4, -0.2) is 53.9 Å². The fraction of sp³-hybridized carbons (Fsp3) is 0.176. The molecule has 8 heterocycles. The summed E-state index contributed by atoms with van der Waals surface area (Å²) in [5.74, 6) is 0. The first kappa shape index (κ1) is 48.7. The summed E-state index contributed by atoms with van der Waals surface area (Å²) in [7, 11) is 0. The fourth-order valence-electron chi connectivity index (χ4n) is 12.4. The third-order valence-electron chi connectivity index (χ3n) is 15.1. The van der Waals surface area contributed by atoms with Gasteiger partial charge in [0.15, 0.2) is 0 Å². The second kappa shape index (κ2) is 18.8. The van der Waals surface area contributed by atoms with Crippen LogP contribution >= 0.6 is 0 Å². The molecule has 7 heteroatoms. The molecule has 0 atom stereocenters. The molecule has 2 aliphatic rings. The monoisotopic (exact) mass is 1110 g/mol. The molecule has 370 valence electrons. The van der Waals surface area contributed by atoms with Gasteiger partial charge in [0.1, 0.15) is 0 Å². The Kier molecular flexibility index (Phi) is 12.2. The number of hydrogen-bond acceptors (Lipinski definition) is 2. The van der Waals surface area contributed by atoms with Gasteiger partial charge in [0.05, 0.1) is 0 Å². The second-order valence-electron chi connectivity index (χ2n) is 21.2. The number of aryl methyl sites for hydroxylation is 12. The summed E-state index contributed by atoms with van der Waals surface area (Å²) >= 11 is -0.110. The van der Waals surface area contributed by atoms with Crippen molar-refractivity contribution in [3.8, 4) is 44.5 Å². The summed E-state index contributed by atoms with van der Waals surface area (Å²) in [4.78, 5) is 22.8. The van der Waals surface area contributed by atoms with Gasteiger partial charge in [-0.15, -0.1) is 0 Å². The molecule has 6 aromatic heterocycles. The molecule has 0 amide bonds. The van der Waals surface area contributed by atoms with Crippen LogP contribution < -0.4 is 0 Å². The number of fused-ring (bicyclic) bond motifs is 17. The van der Waals surface area contributed by atoms with Crippen LogP contribution in [0.15, 0.2) is 109 Å². The van der Waals surface area contributed by atoms with E-state index in [1.54, 1.807) is 0 Å². The van der Waals surface area contributed by atoms with E-state index in [-0.39, 0.29) is 29.0 Å². The Balaban J connectivity index is 1.25. The average Bonchev–Trinajstić information content (AvgIpc) is 4.19. The summed E-state index contributed by atoms with van der Waals surface area (Å²) < 4.78 is 5.33. The van der Waals surface area contributed by atoms with Crippen molar-refractivity contribution in [3.05, 3.63) is 199 Å². The number of aromatic nitrogens is 5. The molecule has 0 spiro atoms. The molecule has 0 saturated heterocycles. The number of nitrogens with zero attached hydrogens (tertiary/aromatic N) is 2. The Morgan fingerprint density at radius 2 is 0.480 bits per heavy atom. The fourth-order valence-corrected chi connectivity index (χ4v) is 17.2. The van der Waals surface area contributed by atoms with E-state index in [2.05, 4.69) is 232 Å². The molecule has 4 aromatic carbocycles. The number of rotatable bonds is 4. The van der Waals surface area contributed by atoms with Gasteiger partial charge in [-0.2, -0.15) is 0 Å². The van der Waals surface area contributed by atoms with Gasteiger partial charge in [-0.1, -0.05) is 0 Å². The second-order valence-corrected chi connectivity index (χ2v) is 25.8. The molecule has 5 nitrogen and oxygen atoms in total. The molecule has 12 rings (SSSR count). The van der Waals surface area contributed by atoms with Crippen molar-refractivity contribution in [1.82, 2.24) is 24.9 Å². The maximum absolute atomic E-state index is 5.60. The van der Waals surface area contributed by atoms with Crippen molar-refractivity contribution < 1.29 is 0 Å². The van der Waals surface area contributed by atoms with Crippen LogP contribution in [0.25, 0.3) is 119 Å². The van der Waals surface area contributed by atoms with Crippen molar-refractivity contribution in [2.24, 2.45) is 0 Å². The van der Waals surface area contributed by atoms with Crippen molar-refractivity contribution in [3.63, 3.8) is 0 Å². The summed E-state index contributed by atoms with van der Waals surface area (Å²) in [6.07, 6.45) is 8.77. The molecule has 0 radical (unpaired) electrons. The van der Waals surface area contributed by atoms with E-state index in [0.717, 1.165) is 55.9 Å². The molecule has 0 aliphatic carbocycles. The van der Waals surface area contributed by atoms with Gasteiger partial charge < -0.3 is 0 Å². The van der Waals surface area contributed by atoms with Crippen LogP contribution in [0.2, 0.25) is 0 Å². The first-order valence-electron chi connectivity index (χ1n) is 26.0. The van der Waals surface area contributed by atoms with Gasteiger partial charge >= 0.3 is 455 Å². The Labute approximate surface area is 451 Å². The first-order valence-corrected chi connectivity index (χ1v) is 29.4. The van der Waals surface area contributed by atoms with Crippen molar-refractivity contribution in [2.45, 2.75) is 83.1 Å². The van der Waals surface area contributed by atoms with E-state index in [9.17, 15) is 0 Å². The van der Waals surface area contributed by atoms with Crippen LogP contribution in [0.1, 0.15) is 89.5 Å². The standard InChI is InChI=1S/C68H61N5Se2/c1-35-27-39(5)61(40(6)28-35)65-53-19-15-49(70-53)47-13-14-48(69-47)50-16-20-54(71-50)66(62-41(7)29-36(2)30-42(62)8)58-24-26-60(75-58)68(64-45(11)33-38(4)34-46(64)12)56-22-18-52(73-56)51-17-21-55(72-51)67(59-25-23-57(65)74-59)63-43(9)31-37(3)32-44(63)10/h13-34,70-72H,1-12H3. The number of nitrogens with one attached hydrogen (secondary N) is 3. The number of benzene rings is 4. The summed E-state index contributed by atoms with van der Waals surface area (Å²) in [6.45, 7) is 26.9. The van der Waals surface area contributed by atoms with Gasteiger partial charge in [-0.05, 0) is 0 Å². The molecule has 14 bridgehead atoms. The molecule has 10 aromatic rings. The van der Waals surface area contributed by atoms with Crippen LogP contribution in [0.5, 0.6) is 0 Å². The predicted molar refractivity (Wildman–Crippen MR) is 325 cm³/mol. The number of H-pyrrole nitrogens is 3. The SMILES string of the molecule is Cc1cc(C)c(-c2c3nc(c4ccc([nH]4)c(-c4c(C)cc(C)cc4C)c4ccc([se]4)c(-c4c(C)cc(C)cc4C)c4ccc([nH]4)c4nc(c5ccc([nH]5)c(-c5c(C)cc(C)cc5C)c5ccc2[se]5)C=C4)C=C3)c(C)c1. The molecule has 3 N–H and O–H groups in total. The Hall–Kier alpha value is -7.24. The molecular weight excluding hydrogens is 1040 g/mol. The Morgan fingerprint density at radius 3 is 0.773 bits per heavy atom. The summed E-state index contributed by atoms with van der Waals surface area (Å²) in [6, 6.07) is 41.6. The van der Waals surface area contributed by atoms with Crippen LogP contribution in [0.4, 0.5) is 0 Å². The van der Waals surface area contributed by atoms with Gasteiger partial charge in [0.25, 0.3) is 0 Å². The quantitative estimate of drug-likeness (QED) is 0.154. The van der Waals surface area contributed by atoms with Gasteiger partial charge in [-0.25, -0.2) is 0 Å².